The van der Waals surface area contributed by atoms with Crippen molar-refractivity contribution in [2.45, 2.75) is 24.7 Å². The zero-order valence-corrected chi connectivity index (χ0v) is 18.2. The van der Waals surface area contributed by atoms with Crippen LogP contribution in [0.2, 0.25) is 0 Å². The van der Waals surface area contributed by atoms with Crippen molar-refractivity contribution in [2.75, 3.05) is 0 Å². The van der Waals surface area contributed by atoms with Gasteiger partial charge in [-0.25, -0.2) is 0 Å². The largest absolute Gasteiger partial charge is 0.298 e. The van der Waals surface area contributed by atoms with Crippen LogP contribution in [0.3, 0.4) is 0 Å². The van der Waals surface area contributed by atoms with E-state index in [1.807, 2.05) is 24.3 Å². The van der Waals surface area contributed by atoms with E-state index in [0.29, 0.717) is 11.1 Å². The smallest absolute Gasteiger partial charge is 0.150 e. The Morgan fingerprint density at radius 2 is 0.844 bits per heavy atom. The third-order valence-electron chi connectivity index (χ3n) is 7.47. The minimum atomic E-state index is -0.415. The van der Waals surface area contributed by atoms with E-state index in [1.54, 1.807) is 0 Å². The topological polar surface area (TPSA) is 34.1 Å². The van der Waals surface area contributed by atoms with Crippen molar-refractivity contribution in [3.05, 3.63) is 130 Å². The first-order chi connectivity index (χ1) is 15.5. The van der Waals surface area contributed by atoms with Crippen molar-refractivity contribution < 1.29 is 9.59 Å². The normalized spacial score (nSPS) is 21.3. The Kier molecular flexibility index (Phi) is 4.67. The van der Waals surface area contributed by atoms with Gasteiger partial charge in [-0.05, 0) is 33.4 Å². The molecule has 5 rings (SSSR count). The van der Waals surface area contributed by atoms with Gasteiger partial charge in [0, 0.05) is 22.0 Å². The molecule has 0 saturated carbocycles. The van der Waals surface area contributed by atoms with E-state index in [2.05, 4.69) is 86.6 Å². The Hall–Kier alpha value is -3.78. The molecular weight excluding hydrogens is 392 g/mol. The quantitative estimate of drug-likeness (QED) is 0.351. The molecule has 0 N–H and O–H groups in total. The number of carbonyl (C=O) groups is 2. The van der Waals surface area contributed by atoms with Crippen LogP contribution in [0.25, 0.3) is 11.1 Å². The molecule has 0 saturated heterocycles. The van der Waals surface area contributed by atoms with Gasteiger partial charge < -0.3 is 0 Å². The number of benzene rings is 4. The van der Waals surface area contributed by atoms with Gasteiger partial charge in [-0.15, -0.1) is 0 Å². The second-order valence-electron chi connectivity index (χ2n) is 8.82. The summed E-state index contributed by atoms with van der Waals surface area (Å²) in [5.41, 5.74) is 7.75. The predicted octanol–water partition coefficient (Wildman–Crippen LogP) is 6.60. The van der Waals surface area contributed by atoms with Gasteiger partial charge in [0.15, 0.2) is 0 Å². The lowest BCUT2D eigenvalue weighted by Gasteiger charge is -2.53. The Bertz CT molecular complexity index is 1210. The van der Waals surface area contributed by atoms with Crippen LogP contribution < -0.4 is 0 Å². The molecule has 4 aromatic carbocycles. The van der Waals surface area contributed by atoms with Gasteiger partial charge in [0.25, 0.3) is 0 Å². The summed E-state index contributed by atoms with van der Waals surface area (Å²) in [6.07, 6.45) is 1.77. The van der Waals surface area contributed by atoms with Crippen LogP contribution in [0.1, 0.15) is 56.8 Å². The zero-order chi connectivity index (χ0) is 22.3. The second-order valence-corrected chi connectivity index (χ2v) is 8.82. The van der Waals surface area contributed by atoms with Crippen LogP contribution in [-0.4, -0.2) is 12.6 Å². The van der Waals surface area contributed by atoms with Gasteiger partial charge in [0.05, 0.1) is 0 Å². The maximum Gasteiger partial charge on any atom is 0.150 e. The Morgan fingerprint density at radius 3 is 1.19 bits per heavy atom. The molecule has 1 aliphatic carbocycles. The Morgan fingerprint density at radius 1 is 0.500 bits per heavy atom. The first-order valence-corrected chi connectivity index (χ1v) is 10.8. The van der Waals surface area contributed by atoms with Crippen LogP contribution in [0, 0.1) is 0 Å². The lowest BCUT2D eigenvalue weighted by molar-refractivity contribution is 0.111. The third kappa shape index (κ3) is 2.66. The molecule has 2 atom stereocenters. The molecule has 156 valence electrons. The van der Waals surface area contributed by atoms with Crippen molar-refractivity contribution in [2.24, 2.45) is 0 Å². The maximum absolute atomic E-state index is 11.3. The van der Waals surface area contributed by atoms with E-state index in [1.165, 1.54) is 22.3 Å². The van der Waals surface area contributed by atoms with Crippen LogP contribution in [0.15, 0.2) is 97.1 Å². The monoisotopic (exact) mass is 416 g/mol. The highest BCUT2D eigenvalue weighted by Crippen LogP contribution is 2.59. The maximum atomic E-state index is 11.3. The predicted molar refractivity (Wildman–Crippen MR) is 128 cm³/mol. The van der Waals surface area contributed by atoms with Gasteiger partial charge in [0.2, 0.25) is 0 Å². The average Bonchev–Trinajstić information content (AvgIpc) is 2.87. The minimum Gasteiger partial charge on any atom is -0.298 e. The molecule has 0 amide bonds. The van der Waals surface area contributed by atoms with Crippen LogP contribution in [-0.2, 0) is 10.8 Å². The summed E-state index contributed by atoms with van der Waals surface area (Å²) < 4.78 is 0. The van der Waals surface area contributed by atoms with E-state index < -0.39 is 10.8 Å². The zero-order valence-electron chi connectivity index (χ0n) is 18.2. The molecule has 2 unspecified atom stereocenters. The summed E-state index contributed by atoms with van der Waals surface area (Å²) in [6, 6.07) is 33.1. The standard InChI is InChI=1S/C30H24O2/c1-29(23-15-11-21(19-31)12-16-23)27-9-5-3-7-25(27)26-8-4-6-10-28(26)30(29,2)24-17-13-22(20-32)14-18-24/h3-20H,1-2H3. The molecule has 0 spiro atoms. The lowest BCUT2D eigenvalue weighted by atomic mass is 9.49. The van der Waals surface area contributed by atoms with Crippen molar-refractivity contribution in [1.82, 2.24) is 0 Å². The SMILES string of the molecule is CC1(c2ccc(C=O)cc2)c2ccccc2-c2ccccc2C1(C)c1ccc(C=O)cc1. The fraction of sp³-hybridized carbons (Fsp3) is 0.133. The van der Waals surface area contributed by atoms with Gasteiger partial charge in [-0.2, -0.15) is 0 Å². The highest BCUT2D eigenvalue weighted by molar-refractivity contribution is 5.82. The van der Waals surface area contributed by atoms with E-state index in [4.69, 9.17) is 0 Å². The number of carbonyl (C=O) groups excluding carboxylic acids is 2. The number of aldehydes is 2. The fourth-order valence-electron chi connectivity index (χ4n) is 5.53. The molecule has 4 aromatic rings. The lowest BCUT2D eigenvalue weighted by Crippen LogP contribution is -2.49. The molecule has 0 aromatic heterocycles. The number of rotatable bonds is 4. The summed E-state index contributed by atoms with van der Waals surface area (Å²) in [6.45, 7) is 4.59. The fourth-order valence-corrected chi connectivity index (χ4v) is 5.53. The molecule has 32 heavy (non-hydrogen) atoms. The average molecular weight is 417 g/mol. The van der Waals surface area contributed by atoms with E-state index in [9.17, 15) is 9.59 Å². The second kappa shape index (κ2) is 7.42. The van der Waals surface area contributed by atoms with Gasteiger partial charge in [0.1, 0.15) is 12.6 Å². The van der Waals surface area contributed by atoms with E-state index in [0.717, 1.165) is 23.7 Å². The van der Waals surface area contributed by atoms with Gasteiger partial charge >= 0.3 is 0 Å². The number of hydrogen-bond donors (Lipinski definition) is 0. The first-order valence-electron chi connectivity index (χ1n) is 10.8. The van der Waals surface area contributed by atoms with E-state index in [-0.39, 0.29) is 0 Å². The molecule has 0 aliphatic heterocycles. The third-order valence-corrected chi connectivity index (χ3v) is 7.47. The summed E-state index contributed by atoms with van der Waals surface area (Å²) >= 11 is 0. The summed E-state index contributed by atoms with van der Waals surface area (Å²) in [5.74, 6) is 0. The first kappa shape index (κ1) is 20.1. The highest BCUT2D eigenvalue weighted by Gasteiger charge is 2.53. The molecule has 2 heteroatoms. The van der Waals surface area contributed by atoms with Crippen molar-refractivity contribution >= 4 is 12.6 Å². The number of hydrogen-bond acceptors (Lipinski definition) is 2. The minimum absolute atomic E-state index is 0.415. The molecule has 1 aliphatic rings. The molecule has 2 nitrogen and oxygen atoms in total. The van der Waals surface area contributed by atoms with Crippen molar-refractivity contribution in [3.63, 3.8) is 0 Å². The van der Waals surface area contributed by atoms with Crippen molar-refractivity contribution in [3.8, 4) is 11.1 Å². The van der Waals surface area contributed by atoms with Gasteiger partial charge in [-0.1, -0.05) is 111 Å². The molecule has 0 fully saturated rings. The van der Waals surface area contributed by atoms with Crippen molar-refractivity contribution in [1.29, 1.82) is 0 Å². The molecule has 0 heterocycles. The summed E-state index contributed by atoms with van der Waals surface area (Å²) in [5, 5.41) is 0. The molecule has 0 radical (unpaired) electrons. The van der Waals surface area contributed by atoms with Crippen LogP contribution in [0.4, 0.5) is 0 Å². The van der Waals surface area contributed by atoms with Crippen LogP contribution in [0.5, 0.6) is 0 Å². The Balaban J connectivity index is 1.89. The summed E-state index contributed by atoms with van der Waals surface area (Å²) in [4.78, 5) is 22.6. The molecular formula is C30H24O2. The highest BCUT2D eigenvalue weighted by atomic mass is 16.1. The Labute approximate surface area is 188 Å². The number of fused-ring (bicyclic) bond motifs is 3. The summed E-state index contributed by atoms with van der Waals surface area (Å²) in [7, 11) is 0. The van der Waals surface area contributed by atoms with E-state index >= 15 is 0 Å². The van der Waals surface area contributed by atoms with Gasteiger partial charge in [-0.3, -0.25) is 9.59 Å². The van der Waals surface area contributed by atoms with Crippen LogP contribution >= 0.6 is 0 Å². The molecule has 0 bridgehead atoms.